The van der Waals surface area contributed by atoms with E-state index in [1.165, 1.54) is 10.9 Å². The summed E-state index contributed by atoms with van der Waals surface area (Å²) in [6.07, 6.45) is 1.52. The third kappa shape index (κ3) is 1.47. The summed E-state index contributed by atoms with van der Waals surface area (Å²) in [5.41, 5.74) is 6.70. The van der Waals surface area contributed by atoms with Crippen molar-refractivity contribution >= 4 is 21.7 Å². The van der Waals surface area contributed by atoms with Gasteiger partial charge in [0.1, 0.15) is 11.6 Å². The van der Waals surface area contributed by atoms with Crippen molar-refractivity contribution in [3.63, 3.8) is 0 Å². The van der Waals surface area contributed by atoms with Gasteiger partial charge in [-0.3, -0.25) is 4.68 Å². The Kier molecular flexibility index (Phi) is 2.44. The monoisotopic (exact) mass is 313 g/mol. The van der Waals surface area contributed by atoms with Crippen LogP contribution in [0.2, 0.25) is 0 Å². The van der Waals surface area contributed by atoms with E-state index in [4.69, 9.17) is 15.2 Å². The second kappa shape index (κ2) is 3.88. The van der Waals surface area contributed by atoms with Gasteiger partial charge in [-0.1, -0.05) is 0 Å². The number of aromatic nitrogens is 2. The Labute approximate surface area is 110 Å². The van der Waals surface area contributed by atoms with E-state index in [1.807, 2.05) is 0 Å². The van der Waals surface area contributed by atoms with Crippen molar-refractivity contribution in [2.24, 2.45) is 7.05 Å². The molecule has 94 valence electrons. The van der Waals surface area contributed by atoms with Gasteiger partial charge >= 0.3 is 0 Å². The molecule has 0 saturated carbocycles. The largest absolute Gasteiger partial charge is 0.454 e. The molecule has 0 bridgehead atoms. The van der Waals surface area contributed by atoms with Crippen molar-refractivity contribution in [2.45, 2.75) is 0 Å². The van der Waals surface area contributed by atoms with E-state index in [2.05, 4.69) is 21.0 Å². The molecule has 5 nitrogen and oxygen atoms in total. The normalized spacial score (nSPS) is 13.1. The van der Waals surface area contributed by atoms with Crippen LogP contribution in [0.15, 0.2) is 16.7 Å². The fourth-order valence-electron chi connectivity index (χ4n) is 1.83. The van der Waals surface area contributed by atoms with Crippen molar-refractivity contribution in [1.29, 1.82) is 0 Å². The molecular weight excluding hydrogens is 305 g/mol. The third-order valence-corrected chi connectivity index (χ3v) is 3.53. The Morgan fingerprint density at radius 1 is 1.44 bits per heavy atom. The molecule has 0 radical (unpaired) electrons. The first kappa shape index (κ1) is 11.3. The lowest BCUT2D eigenvalue weighted by Gasteiger charge is -2.07. The molecule has 2 heterocycles. The number of aryl methyl sites for hydroxylation is 1. The van der Waals surface area contributed by atoms with Gasteiger partial charge in [-0.15, -0.1) is 0 Å². The minimum atomic E-state index is -0.445. The van der Waals surface area contributed by atoms with Gasteiger partial charge in [0.05, 0.1) is 10.7 Å². The fraction of sp³-hybridized carbons (Fsp3) is 0.182. The molecule has 0 spiro atoms. The molecule has 1 aromatic carbocycles. The number of nitrogens with two attached hydrogens (primary N) is 1. The van der Waals surface area contributed by atoms with Crippen molar-refractivity contribution < 1.29 is 13.9 Å². The molecule has 0 amide bonds. The molecule has 0 unspecified atom stereocenters. The first-order valence-corrected chi connectivity index (χ1v) is 5.94. The Bertz CT molecular complexity index is 642. The van der Waals surface area contributed by atoms with E-state index in [9.17, 15) is 4.39 Å². The van der Waals surface area contributed by atoms with Crippen molar-refractivity contribution in [3.8, 4) is 22.6 Å². The molecular formula is C11H9BrFN3O2. The topological polar surface area (TPSA) is 62.3 Å². The standard InChI is InChI=1S/C11H9BrFN3O2/c1-16-11(14)6(3-15-16)5-2-7-10(18-4-17-7)8(12)9(5)13/h2-3H,4,14H2,1H3. The first-order chi connectivity index (χ1) is 8.59. The van der Waals surface area contributed by atoms with Gasteiger partial charge in [0.15, 0.2) is 11.5 Å². The van der Waals surface area contributed by atoms with E-state index in [-0.39, 0.29) is 11.3 Å². The average Bonchev–Trinajstić information content (AvgIpc) is 2.93. The zero-order valence-corrected chi connectivity index (χ0v) is 11.0. The van der Waals surface area contributed by atoms with Crippen LogP contribution in [-0.4, -0.2) is 16.6 Å². The number of anilines is 1. The summed E-state index contributed by atoms with van der Waals surface area (Å²) >= 11 is 3.16. The van der Waals surface area contributed by atoms with Gasteiger partial charge in [-0.25, -0.2) is 4.39 Å². The van der Waals surface area contributed by atoms with Crippen LogP contribution in [0.4, 0.5) is 10.2 Å². The number of rotatable bonds is 1. The van der Waals surface area contributed by atoms with Crippen LogP contribution in [0.3, 0.4) is 0 Å². The number of ether oxygens (including phenoxy) is 2. The number of benzene rings is 1. The Hall–Kier alpha value is -1.76. The van der Waals surface area contributed by atoms with Crippen LogP contribution in [0.1, 0.15) is 0 Å². The molecule has 2 N–H and O–H groups in total. The highest BCUT2D eigenvalue weighted by molar-refractivity contribution is 9.10. The molecule has 0 saturated heterocycles. The summed E-state index contributed by atoms with van der Waals surface area (Å²) < 4.78 is 26.4. The lowest BCUT2D eigenvalue weighted by Crippen LogP contribution is -1.98. The maximum absolute atomic E-state index is 14.3. The molecule has 0 fully saturated rings. The summed E-state index contributed by atoms with van der Waals surface area (Å²) in [6, 6.07) is 1.57. The minimum absolute atomic E-state index is 0.0827. The van der Waals surface area contributed by atoms with Gasteiger partial charge in [-0.2, -0.15) is 5.10 Å². The highest BCUT2D eigenvalue weighted by atomic mass is 79.9. The average molecular weight is 314 g/mol. The van der Waals surface area contributed by atoms with Gasteiger partial charge in [0.25, 0.3) is 0 Å². The Balaban J connectivity index is 2.25. The molecule has 7 heteroatoms. The molecule has 0 aliphatic carbocycles. The molecule has 1 aliphatic heterocycles. The van der Waals surface area contributed by atoms with Crippen LogP contribution in [-0.2, 0) is 7.05 Å². The predicted molar refractivity (Wildman–Crippen MR) is 66.8 cm³/mol. The van der Waals surface area contributed by atoms with Crippen molar-refractivity contribution in [2.75, 3.05) is 12.5 Å². The molecule has 18 heavy (non-hydrogen) atoms. The zero-order chi connectivity index (χ0) is 12.9. The van der Waals surface area contributed by atoms with E-state index >= 15 is 0 Å². The third-order valence-electron chi connectivity index (χ3n) is 2.82. The van der Waals surface area contributed by atoms with Crippen molar-refractivity contribution in [3.05, 3.63) is 22.6 Å². The minimum Gasteiger partial charge on any atom is -0.454 e. The lowest BCUT2D eigenvalue weighted by molar-refractivity contribution is 0.173. The number of hydrogen-bond donors (Lipinski definition) is 1. The summed E-state index contributed by atoms with van der Waals surface area (Å²) in [7, 11) is 1.69. The molecule has 1 aliphatic rings. The number of fused-ring (bicyclic) bond motifs is 1. The molecule has 2 aromatic rings. The van der Waals surface area contributed by atoms with Crippen LogP contribution in [0.5, 0.6) is 11.5 Å². The van der Waals surface area contributed by atoms with Crippen LogP contribution in [0.25, 0.3) is 11.1 Å². The highest BCUT2D eigenvalue weighted by Gasteiger charge is 2.25. The van der Waals surface area contributed by atoms with E-state index in [1.54, 1.807) is 13.1 Å². The van der Waals surface area contributed by atoms with Crippen molar-refractivity contribution in [1.82, 2.24) is 9.78 Å². The van der Waals surface area contributed by atoms with Gasteiger partial charge in [0, 0.05) is 18.2 Å². The number of nitrogen functional groups attached to an aromatic ring is 1. The quantitative estimate of drug-likeness (QED) is 0.877. The number of halogens is 2. The zero-order valence-electron chi connectivity index (χ0n) is 9.41. The van der Waals surface area contributed by atoms with Crippen LogP contribution < -0.4 is 15.2 Å². The summed E-state index contributed by atoms with van der Waals surface area (Å²) in [6.45, 7) is 0.0827. The SMILES string of the molecule is Cn1ncc(-c2cc3c(c(Br)c2F)OCO3)c1N. The first-order valence-electron chi connectivity index (χ1n) is 5.15. The predicted octanol–water partition coefficient (Wildman–Crippen LogP) is 2.30. The summed E-state index contributed by atoms with van der Waals surface area (Å²) in [4.78, 5) is 0. The molecule has 3 rings (SSSR count). The second-order valence-electron chi connectivity index (χ2n) is 3.85. The summed E-state index contributed by atoms with van der Waals surface area (Å²) in [5, 5.41) is 3.99. The second-order valence-corrected chi connectivity index (χ2v) is 4.65. The Morgan fingerprint density at radius 3 is 2.89 bits per heavy atom. The van der Waals surface area contributed by atoms with Crippen LogP contribution >= 0.6 is 15.9 Å². The van der Waals surface area contributed by atoms with Gasteiger partial charge in [0.2, 0.25) is 6.79 Å². The smallest absolute Gasteiger partial charge is 0.231 e. The number of nitrogens with zero attached hydrogens (tertiary/aromatic N) is 2. The van der Waals surface area contributed by atoms with E-state index in [0.29, 0.717) is 28.4 Å². The Morgan fingerprint density at radius 2 is 2.22 bits per heavy atom. The molecule has 1 aromatic heterocycles. The lowest BCUT2D eigenvalue weighted by atomic mass is 10.1. The maximum Gasteiger partial charge on any atom is 0.231 e. The highest BCUT2D eigenvalue weighted by Crippen LogP contribution is 2.45. The number of hydrogen-bond acceptors (Lipinski definition) is 4. The van der Waals surface area contributed by atoms with Gasteiger partial charge in [-0.05, 0) is 22.0 Å². The van der Waals surface area contributed by atoms with Gasteiger partial charge < -0.3 is 15.2 Å². The molecule has 0 atom stereocenters. The van der Waals surface area contributed by atoms with E-state index < -0.39 is 5.82 Å². The summed E-state index contributed by atoms with van der Waals surface area (Å²) in [5.74, 6) is 0.804. The van der Waals surface area contributed by atoms with Crippen LogP contribution in [0, 0.1) is 5.82 Å². The fourth-order valence-corrected chi connectivity index (χ4v) is 2.35. The maximum atomic E-state index is 14.3. The van der Waals surface area contributed by atoms with E-state index in [0.717, 1.165) is 0 Å².